The fourth-order valence-corrected chi connectivity index (χ4v) is 6.29. The maximum Gasteiger partial charge on any atom is 0.326 e. The van der Waals surface area contributed by atoms with Crippen LogP contribution in [0, 0.1) is 0 Å². The van der Waals surface area contributed by atoms with Crippen molar-refractivity contribution in [2.45, 2.75) is 225 Å². The molecule has 0 fully saturated rings. The molecule has 4 N–H and O–H groups in total. The zero-order valence-electron chi connectivity index (χ0n) is 32.7. The molecule has 0 aliphatic rings. The highest BCUT2D eigenvalue weighted by atomic mass is 16.5. The van der Waals surface area contributed by atoms with Gasteiger partial charge in [-0.05, 0) is 83.6 Å². The number of carbonyl (C=O) groups is 3. The number of carboxylic acid groups (broad SMARTS) is 1. The van der Waals surface area contributed by atoms with E-state index in [0.717, 1.165) is 77.0 Å². The Labute approximate surface area is 308 Å². The van der Waals surface area contributed by atoms with E-state index in [9.17, 15) is 19.5 Å². The standard InChI is InChI=1S/C43H80N2O5/c1-3-5-7-9-11-13-15-16-17-18-20-22-27-31-37-42(47)50-39(33-28-24-21-19-14-12-10-8-6-4-2)34-29-25-23-26-30-36-41(46)45-40(43(48)49)35-32-38-44/h9,11,15-16,39-40H,3-8,10,12-14,17-38,44H2,1-2H3,(H,45,46)(H,48,49)/b11-9-,16-15-. The minimum Gasteiger partial charge on any atom is -0.480 e. The molecular weight excluding hydrogens is 624 g/mol. The second kappa shape index (κ2) is 38.1. The van der Waals surface area contributed by atoms with Crippen LogP contribution in [0.25, 0.3) is 0 Å². The monoisotopic (exact) mass is 705 g/mol. The Morgan fingerprint density at radius 2 is 1.06 bits per heavy atom. The topological polar surface area (TPSA) is 119 Å². The summed E-state index contributed by atoms with van der Waals surface area (Å²) in [5, 5.41) is 11.9. The third-order valence-electron chi connectivity index (χ3n) is 9.52. The molecule has 0 saturated heterocycles. The van der Waals surface area contributed by atoms with Crippen molar-refractivity contribution in [3.63, 3.8) is 0 Å². The van der Waals surface area contributed by atoms with Crippen LogP contribution in [0.2, 0.25) is 0 Å². The molecule has 7 heteroatoms. The van der Waals surface area contributed by atoms with Gasteiger partial charge in [0.15, 0.2) is 0 Å². The molecule has 0 aliphatic carbocycles. The molecule has 2 atom stereocenters. The van der Waals surface area contributed by atoms with Gasteiger partial charge in [0.25, 0.3) is 0 Å². The summed E-state index contributed by atoms with van der Waals surface area (Å²) in [6.07, 6.45) is 42.1. The van der Waals surface area contributed by atoms with Gasteiger partial charge < -0.3 is 20.9 Å². The SMILES string of the molecule is CCCC/C=C\C/C=C\CCCCCCCC(=O)OC(CCCCCCCCCCCC)CCCCCCCC(=O)NC(CCCN)C(=O)O. The lowest BCUT2D eigenvalue weighted by Gasteiger charge is -2.18. The van der Waals surface area contributed by atoms with Gasteiger partial charge >= 0.3 is 11.9 Å². The molecule has 0 aromatic heterocycles. The van der Waals surface area contributed by atoms with Crippen molar-refractivity contribution in [2.24, 2.45) is 5.73 Å². The van der Waals surface area contributed by atoms with Crippen LogP contribution in [0.3, 0.4) is 0 Å². The van der Waals surface area contributed by atoms with Crippen LogP contribution in [0.15, 0.2) is 24.3 Å². The van der Waals surface area contributed by atoms with Crippen molar-refractivity contribution in [1.29, 1.82) is 0 Å². The van der Waals surface area contributed by atoms with Gasteiger partial charge in [-0.2, -0.15) is 0 Å². The molecule has 0 aromatic carbocycles. The molecular formula is C43H80N2O5. The number of carbonyl (C=O) groups excluding carboxylic acids is 2. The zero-order chi connectivity index (χ0) is 36.8. The maximum absolute atomic E-state index is 12.8. The van der Waals surface area contributed by atoms with Crippen LogP contribution in [0.5, 0.6) is 0 Å². The van der Waals surface area contributed by atoms with Crippen molar-refractivity contribution in [2.75, 3.05) is 6.54 Å². The van der Waals surface area contributed by atoms with E-state index in [1.807, 2.05) is 0 Å². The van der Waals surface area contributed by atoms with Gasteiger partial charge in [0.05, 0.1) is 0 Å². The van der Waals surface area contributed by atoms with E-state index < -0.39 is 12.0 Å². The molecule has 50 heavy (non-hydrogen) atoms. The van der Waals surface area contributed by atoms with Crippen molar-refractivity contribution in [3.8, 4) is 0 Å². The Balaban J connectivity index is 4.31. The lowest BCUT2D eigenvalue weighted by Crippen LogP contribution is -2.40. The predicted octanol–water partition coefficient (Wildman–Crippen LogP) is 11.7. The summed E-state index contributed by atoms with van der Waals surface area (Å²) in [7, 11) is 0. The highest BCUT2D eigenvalue weighted by Gasteiger charge is 2.19. The number of esters is 1. The van der Waals surface area contributed by atoms with E-state index in [0.29, 0.717) is 32.2 Å². The molecule has 292 valence electrons. The van der Waals surface area contributed by atoms with Crippen molar-refractivity contribution >= 4 is 17.8 Å². The molecule has 0 saturated carbocycles. The Morgan fingerprint density at radius 3 is 1.60 bits per heavy atom. The number of ether oxygens (including phenoxy) is 1. The summed E-state index contributed by atoms with van der Waals surface area (Å²) in [5.74, 6) is -1.24. The van der Waals surface area contributed by atoms with Crippen LogP contribution in [-0.2, 0) is 19.1 Å². The molecule has 0 aromatic rings. The third-order valence-corrected chi connectivity index (χ3v) is 9.52. The lowest BCUT2D eigenvalue weighted by atomic mass is 10.0. The van der Waals surface area contributed by atoms with Gasteiger partial charge in [0, 0.05) is 12.8 Å². The Morgan fingerprint density at radius 1 is 0.580 bits per heavy atom. The highest BCUT2D eigenvalue weighted by molar-refractivity contribution is 5.83. The summed E-state index contributed by atoms with van der Waals surface area (Å²) in [5.41, 5.74) is 5.48. The average Bonchev–Trinajstić information content (AvgIpc) is 3.10. The van der Waals surface area contributed by atoms with Gasteiger partial charge in [-0.15, -0.1) is 0 Å². The van der Waals surface area contributed by atoms with Crippen LogP contribution in [0.1, 0.15) is 213 Å². The van der Waals surface area contributed by atoms with E-state index in [-0.39, 0.29) is 18.0 Å². The van der Waals surface area contributed by atoms with Crippen LogP contribution >= 0.6 is 0 Å². The van der Waals surface area contributed by atoms with Gasteiger partial charge in [-0.25, -0.2) is 4.79 Å². The van der Waals surface area contributed by atoms with Crippen LogP contribution < -0.4 is 11.1 Å². The first-order valence-electron chi connectivity index (χ1n) is 21.2. The molecule has 0 spiro atoms. The normalized spacial score (nSPS) is 12.9. The van der Waals surface area contributed by atoms with Gasteiger partial charge in [-0.3, -0.25) is 9.59 Å². The molecule has 0 aliphatic heterocycles. The second-order valence-corrected chi connectivity index (χ2v) is 14.4. The summed E-state index contributed by atoms with van der Waals surface area (Å²) >= 11 is 0. The number of allylic oxidation sites excluding steroid dienone is 4. The first-order valence-corrected chi connectivity index (χ1v) is 21.2. The minimum atomic E-state index is -1.00. The largest absolute Gasteiger partial charge is 0.480 e. The molecule has 2 unspecified atom stereocenters. The number of rotatable bonds is 38. The van der Waals surface area contributed by atoms with Crippen molar-refractivity contribution < 1.29 is 24.2 Å². The van der Waals surface area contributed by atoms with Gasteiger partial charge in [-0.1, -0.05) is 147 Å². The fourth-order valence-electron chi connectivity index (χ4n) is 6.29. The van der Waals surface area contributed by atoms with Gasteiger partial charge in [0.1, 0.15) is 12.1 Å². The van der Waals surface area contributed by atoms with Crippen LogP contribution in [-0.4, -0.2) is 41.6 Å². The number of aliphatic carboxylic acids is 1. The van der Waals surface area contributed by atoms with Gasteiger partial charge in [0.2, 0.25) is 5.91 Å². The van der Waals surface area contributed by atoms with E-state index in [4.69, 9.17) is 10.5 Å². The Bertz CT molecular complexity index is 843. The summed E-state index contributed by atoms with van der Waals surface area (Å²) in [6.45, 7) is 4.90. The molecule has 7 nitrogen and oxygen atoms in total. The van der Waals surface area contributed by atoms with E-state index in [2.05, 4.69) is 43.5 Å². The fraction of sp³-hybridized carbons (Fsp3) is 0.837. The zero-order valence-corrected chi connectivity index (χ0v) is 32.7. The molecule has 0 radical (unpaired) electrons. The number of hydrogen-bond donors (Lipinski definition) is 3. The van der Waals surface area contributed by atoms with Crippen molar-refractivity contribution in [3.05, 3.63) is 24.3 Å². The molecule has 0 rings (SSSR count). The van der Waals surface area contributed by atoms with E-state index in [1.54, 1.807) is 0 Å². The van der Waals surface area contributed by atoms with E-state index >= 15 is 0 Å². The minimum absolute atomic E-state index is 0.0112. The molecule has 1 amide bonds. The van der Waals surface area contributed by atoms with E-state index in [1.165, 1.54) is 96.3 Å². The number of hydrogen-bond acceptors (Lipinski definition) is 5. The number of carboxylic acids is 1. The van der Waals surface area contributed by atoms with Crippen molar-refractivity contribution in [1.82, 2.24) is 5.32 Å². The lowest BCUT2D eigenvalue weighted by molar-refractivity contribution is -0.150. The molecule has 0 bridgehead atoms. The summed E-state index contributed by atoms with van der Waals surface area (Å²) < 4.78 is 6.03. The highest BCUT2D eigenvalue weighted by Crippen LogP contribution is 2.19. The Kier molecular flexibility index (Phi) is 36.5. The third kappa shape index (κ3) is 34.3. The summed E-state index contributed by atoms with van der Waals surface area (Å²) in [6, 6.07) is -0.855. The quantitative estimate of drug-likeness (QED) is 0.0334. The smallest absolute Gasteiger partial charge is 0.326 e. The number of nitrogens with two attached hydrogens (primary N) is 1. The maximum atomic E-state index is 12.8. The summed E-state index contributed by atoms with van der Waals surface area (Å²) in [4.78, 5) is 36.3. The number of amides is 1. The average molecular weight is 705 g/mol. The number of unbranched alkanes of at least 4 members (excludes halogenated alkanes) is 20. The Hall–Kier alpha value is -2.15. The second-order valence-electron chi connectivity index (χ2n) is 14.4. The predicted molar refractivity (Wildman–Crippen MR) is 211 cm³/mol. The van der Waals surface area contributed by atoms with Crippen LogP contribution in [0.4, 0.5) is 0 Å². The first kappa shape index (κ1) is 47.8. The first-order chi connectivity index (χ1) is 24.4. The number of nitrogens with one attached hydrogen (secondary N) is 1. The molecule has 0 heterocycles.